The summed E-state index contributed by atoms with van der Waals surface area (Å²) < 4.78 is 16.6. The monoisotopic (exact) mass is 282 g/mol. The Morgan fingerprint density at radius 1 is 1.06 bits per heavy atom. The van der Waals surface area contributed by atoms with Crippen molar-refractivity contribution in [2.75, 3.05) is 0 Å². The maximum absolute atomic E-state index is 5.41. The van der Waals surface area contributed by atoms with E-state index in [1.807, 2.05) is 13.8 Å². The first kappa shape index (κ1) is 9.65. The van der Waals surface area contributed by atoms with Crippen molar-refractivity contribution in [3.63, 3.8) is 0 Å². The Kier molecular flexibility index (Phi) is 1.94. The number of rotatable bonds is 1. The van der Waals surface area contributed by atoms with Gasteiger partial charge < -0.3 is 13.3 Å². The van der Waals surface area contributed by atoms with Gasteiger partial charge >= 0.3 is 5.78 Å². The summed E-state index contributed by atoms with van der Waals surface area (Å²) in [6.45, 7) is 3.71. The maximum atomic E-state index is 5.41. The van der Waals surface area contributed by atoms with Crippen molar-refractivity contribution in [2.24, 2.45) is 0 Å². The van der Waals surface area contributed by atoms with E-state index in [4.69, 9.17) is 13.3 Å². The zero-order chi connectivity index (χ0) is 11.3. The molecule has 3 rings (SSSR count). The van der Waals surface area contributed by atoms with Crippen LogP contribution in [0, 0.1) is 13.8 Å². The Balaban J connectivity index is 2.14. The molecule has 0 bridgehead atoms. The lowest BCUT2D eigenvalue weighted by molar-refractivity contribution is 0.450. The van der Waals surface area contributed by atoms with Gasteiger partial charge in [0, 0.05) is 6.07 Å². The minimum atomic E-state index is 0.331. The van der Waals surface area contributed by atoms with Crippen LogP contribution in [0.15, 0.2) is 24.0 Å². The van der Waals surface area contributed by atoms with Gasteiger partial charge in [-0.2, -0.15) is 0 Å². The third-order valence-corrected chi connectivity index (χ3v) is 2.66. The first-order valence-corrected chi connectivity index (χ1v) is 5.43. The highest BCUT2D eigenvalue weighted by molar-refractivity contribution is 9.10. The van der Waals surface area contributed by atoms with Crippen LogP contribution in [-0.2, 0) is 0 Å². The van der Waals surface area contributed by atoms with E-state index in [0.717, 1.165) is 11.5 Å². The number of oxazole rings is 2. The van der Waals surface area contributed by atoms with Crippen molar-refractivity contribution in [1.82, 2.24) is 9.97 Å². The lowest BCUT2D eigenvalue weighted by Gasteiger charge is -1.84. The molecule has 0 saturated heterocycles. The number of fused-ring (bicyclic) bond motifs is 1. The molecule has 3 heterocycles. The summed E-state index contributed by atoms with van der Waals surface area (Å²) in [4.78, 5) is 8.41. The van der Waals surface area contributed by atoms with Crippen LogP contribution < -0.4 is 0 Å². The van der Waals surface area contributed by atoms with E-state index in [-0.39, 0.29) is 0 Å². The maximum Gasteiger partial charge on any atom is 0.319 e. The molecule has 82 valence electrons. The molecule has 0 spiro atoms. The zero-order valence-corrected chi connectivity index (χ0v) is 10.2. The van der Waals surface area contributed by atoms with Gasteiger partial charge in [-0.1, -0.05) is 0 Å². The largest absolute Gasteiger partial charge is 0.438 e. The van der Waals surface area contributed by atoms with E-state index >= 15 is 0 Å². The van der Waals surface area contributed by atoms with E-state index in [0.29, 0.717) is 27.7 Å². The predicted octanol–water partition coefficient (Wildman–Crippen LogP) is 3.46. The predicted molar refractivity (Wildman–Crippen MR) is 58.9 cm³/mol. The Labute approximate surface area is 98.6 Å². The summed E-state index contributed by atoms with van der Waals surface area (Å²) in [6.07, 6.45) is 0. The highest BCUT2D eigenvalue weighted by atomic mass is 79.9. The average Bonchev–Trinajstić information content (AvgIpc) is 2.80. The molecule has 0 aliphatic carbocycles. The number of furan rings is 1. The Morgan fingerprint density at radius 3 is 2.44 bits per heavy atom. The summed E-state index contributed by atoms with van der Waals surface area (Å²) in [6, 6.07) is 1.73. The van der Waals surface area contributed by atoms with Crippen LogP contribution in [0.4, 0.5) is 0 Å². The number of aromatic nitrogens is 2. The lowest BCUT2D eigenvalue weighted by Crippen LogP contribution is -1.76. The molecule has 0 radical (unpaired) electrons. The third kappa shape index (κ3) is 1.37. The van der Waals surface area contributed by atoms with Gasteiger partial charge in [-0.3, -0.25) is 0 Å². The highest BCUT2D eigenvalue weighted by Crippen LogP contribution is 2.28. The molecule has 0 aromatic carbocycles. The van der Waals surface area contributed by atoms with Crippen molar-refractivity contribution < 1.29 is 13.3 Å². The van der Waals surface area contributed by atoms with Gasteiger partial charge in [0.25, 0.3) is 11.8 Å². The third-order valence-electron chi connectivity index (χ3n) is 2.27. The van der Waals surface area contributed by atoms with Crippen LogP contribution in [0.25, 0.3) is 23.1 Å². The lowest BCUT2D eigenvalue weighted by atomic mass is 10.4. The second-order valence-electron chi connectivity index (χ2n) is 3.40. The van der Waals surface area contributed by atoms with E-state index < -0.39 is 0 Å². The van der Waals surface area contributed by atoms with Gasteiger partial charge in [0.15, 0.2) is 10.2 Å². The molecule has 0 fully saturated rings. The fraction of sp³-hybridized carbons (Fsp3) is 0.200. The van der Waals surface area contributed by atoms with E-state index in [1.165, 1.54) is 0 Å². The Bertz CT molecular complexity index is 614. The van der Waals surface area contributed by atoms with Crippen LogP contribution in [-0.4, -0.2) is 9.97 Å². The quantitative estimate of drug-likeness (QED) is 0.684. The van der Waals surface area contributed by atoms with Crippen LogP contribution >= 0.6 is 15.9 Å². The Hall–Kier alpha value is -1.56. The Morgan fingerprint density at radius 2 is 1.81 bits per heavy atom. The van der Waals surface area contributed by atoms with Crippen molar-refractivity contribution in [3.05, 3.63) is 22.2 Å². The van der Waals surface area contributed by atoms with E-state index in [2.05, 4.69) is 25.9 Å². The fourth-order valence-corrected chi connectivity index (χ4v) is 1.73. The molecule has 16 heavy (non-hydrogen) atoms. The second-order valence-corrected chi connectivity index (χ2v) is 4.18. The molecule has 0 saturated carbocycles. The van der Waals surface area contributed by atoms with E-state index in [1.54, 1.807) is 6.07 Å². The first-order chi connectivity index (χ1) is 7.63. The van der Waals surface area contributed by atoms with Gasteiger partial charge in [-0.05, 0) is 29.8 Å². The smallest absolute Gasteiger partial charge is 0.319 e. The molecule has 0 atom stereocenters. The zero-order valence-electron chi connectivity index (χ0n) is 8.57. The van der Waals surface area contributed by atoms with Crippen LogP contribution in [0.2, 0.25) is 0 Å². The average molecular weight is 283 g/mol. The standard InChI is InChI=1S/C10H7BrN2O3/c1-4-5(2)14-8(12-4)9-13-6-3-7(11)15-10(6)16-9/h3H,1-2H3. The molecule has 0 N–H and O–H groups in total. The number of nitrogens with zero attached hydrogens (tertiary/aromatic N) is 2. The molecular weight excluding hydrogens is 276 g/mol. The molecule has 0 unspecified atom stereocenters. The molecule has 6 heteroatoms. The van der Waals surface area contributed by atoms with Crippen molar-refractivity contribution in [3.8, 4) is 11.8 Å². The van der Waals surface area contributed by atoms with Gasteiger partial charge in [-0.15, -0.1) is 0 Å². The van der Waals surface area contributed by atoms with Gasteiger partial charge in [-0.25, -0.2) is 9.97 Å². The number of hydrogen-bond donors (Lipinski definition) is 0. The van der Waals surface area contributed by atoms with Gasteiger partial charge in [0.1, 0.15) is 5.76 Å². The molecule has 0 aliphatic heterocycles. The fourth-order valence-electron chi connectivity index (χ4n) is 1.36. The summed E-state index contributed by atoms with van der Waals surface area (Å²) >= 11 is 3.19. The highest BCUT2D eigenvalue weighted by Gasteiger charge is 2.17. The molecule has 0 aliphatic rings. The van der Waals surface area contributed by atoms with Gasteiger partial charge in [0.05, 0.1) is 5.69 Å². The number of halogens is 1. The summed E-state index contributed by atoms with van der Waals surface area (Å²) in [7, 11) is 0. The normalized spacial score (nSPS) is 11.4. The van der Waals surface area contributed by atoms with Crippen molar-refractivity contribution in [2.45, 2.75) is 13.8 Å². The van der Waals surface area contributed by atoms with Crippen LogP contribution in [0.1, 0.15) is 11.5 Å². The number of aryl methyl sites for hydroxylation is 2. The molecule has 3 aromatic heterocycles. The minimum absolute atomic E-state index is 0.331. The van der Waals surface area contributed by atoms with Crippen LogP contribution in [0.5, 0.6) is 0 Å². The molecule has 3 aromatic rings. The molecule has 0 amide bonds. The van der Waals surface area contributed by atoms with Gasteiger partial charge in [0.2, 0.25) is 0 Å². The molecule has 5 nitrogen and oxygen atoms in total. The van der Waals surface area contributed by atoms with E-state index in [9.17, 15) is 0 Å². The molecular formula is C10H7BrN2O3. The summed E-state index contributed by atoms with van der Waals surface area (Å²) in [5.41, 5.74) is 1.46. The number of hydrogen-bond acceptors (Lipinski definition) is 5. The summed E-state index contributed by atoms with van der Waals surface area (Å²) in [5, 5.41) is 0. The van der Waals surface area contributed by atoms with Crippen molar-refractivity contribution in [1.29, 1.82) is 0 Å². The first-order valence-electron chi connectivity index (χ1n) is 4.64. The summed E-state index contributed by atoms with van der Waals surface area (Å²) in [5.74, 6) is 1.82. The minimum Gasteiger partial charge on any atom is -0.438 e. The van der Waals surface area contributed by atoms with Crippen molar-refractivity contribution >= 4 is 27.2 Å². The second kappa shape index (κ2) is 3.21. The topological polar surface area (TPSA) is 65.2 Å². The SMILES string of the molecule is Cc1nc(-c2nc3cc(Br)oc3o2)oc1C. The van der Waals surface area contributed by atoms with Crippen LogP contribution in [0.3, 0.4) is 0 Å².